The highest BCUT2D eigenvalue weighted by Crippen LogP contribution is 2.19. The highest BCUT2D eigenvalue weighted by Gasteiger charge is 2.08. The Balaban J connectivity index is 0.000000240. The van der Waals surface area contributed by atoms with E-state index in [1.807, 2.05) is 38.1 Å². The van der Waals surface area contributed by atoms with Crippen LogP contribution >= 0.6 is 0 Å². The van der Waals surface area contributed by atoms with Crippen molar-refractivity contribution in [1.82, 2.24) is 0 Å². The summed E-state index contributed by atoms with van der Waals surface area (Å²) in [6, 6.07) is 7.82. The zero-order valence-corrected chi connectivity index (χ0v) is 12.4. The Hall–Kier alpha value is -1.10. The van der Waals surface area contributed by atoms with E-state index < -0.39 is 0 Å². The highest BCUT2D eigenvalue weighted by molar-refractivity contribution is 5.33. The van der Waals surface area contributed by atoms with Gasteiger partial charge in [-0.2, -0.15) is 0 Å². The first-order chi connectivity index (χ1) is 9.63. The van der Waals surface area contributed by atoms with Gasteiger partial charge in [0.25, 0.3) is 0 Å². The lowest BCUT2D eigenvalue weighted by molar-refractivity contribution is 0.0140. The standard InChI is InChI=1S/C11H16O2.C5H10O2/c1-9(2)13-11-6-4-3-5-10(11)7-8-12;6-5-1-3-7-4-2-5/h3-6,9,12H,7-8H2,1-2H3;5-6H,1-4H2. The number of hydrogen-bond donors (Lipinski definition) is 2. The smallest absolute Gasteiger partial charge is 0.122 e. The molecule has 1 fully saturated rings. The maximum atomic E-state index is 8.83. The van der Waals surface area contributed by atoms with Crippen molar-refractivity contribution in [1.29, 1.82) is 0 Å². The predicted octanol–water partition coefficient (Wildman–Crippen LogP) is 2.17. The molecule has 0 unspecified atom stereocenters. The zero-order valence-electron chi connectivity index (χ0n) is 12.4. The summed E-state index contributed by atoms with van der Waals surface area (Å²) in [7, 11) is 0. The first kappa shape index (κ1) is 17.0. The zero-order chi connectivity index (χ0) is 14.8. The van der Waals surface area contributed by atoms with Gasteiger partial charge in [-0.1, -0.05) is 18.2 Å². The average molecular weight is 282 g/mol. The van der Waals surface area contributed by atoms with Gasteiger partial charge in [-0.05, 0) is 44.7 Å². The molecule has 4 nitrogen and oxygen atoms in total. The molecule has 1 aromatic carbocycles. The number of ether oxygens (including phenoxy) is 2. The van der Waals surface area contributed by atoms with Crippen LogP contribution in [0.3, 0.4) is 0 Å². The molecule has 4 heteroatoms. The van der Waals surface area contributed by atoms with Crippen LogP contribution in [0.4, 0.5) is 0 Å². The van der Waals surface area contributed by atoms with Crippen LogP contribution in [-0.4, -0.2) is 42.2 Å². The topological polar surface area (TPSA) is 58.9 Å². The molecule has 114 valence electrons. The van der Waals surface area contributed by atoms with E-state index in [9.17, 15) is 0 Å². The molecule has 1 aromatic rings. The SMILES string of the molecule is CC(C)Oc1ccccc1CCO.OC1CCOCC1. The van der Waals surface area contributed by atoms with E-state index in [4.69, 9.17) is 19.7 Å². The van der Waals surface area contributed by atoms with E-state index in [-0.39, 0.29) is 18.8 Å². The molecule has 0 bridgehead atoms. The van der Waals surface area contributed by atoms with Gasteiger partial charge in [-0.15, -0.1) is 0 Å². The lowest BCUT2D eigenvalue weighted by atomic mass is 10.1. The van der Waals surface area contributed by atoms with Crippen LogP contribution in [0.15, 0.2) is 24.3 Å². The van der Waals surface area contributed by atoms with E-state index in [0.29, 0.717) is 6.42 Å². The molecule has 0 saturated carbocycles. The normalized spacial score (nSPS) is 15.7. The molecule has 2 rings (SSSR count). The minimum Gasteiger partial charge on any atom is -0.491 e. The van der Waals surface area contributed by atoms with E-state index >= 15 is 0 Å². The molecule has 0 amide bonds. The van der Waals surface area contributed by atoms with Gasteiger partial charge < -0.3 is 19.7 Å². The van der Waals surface area contributed by atoms with Crippen LogP contribution in [0, 0.1) is 0 Å². The Labute approximate surface area is 121 Å². The van der Waals surface area contributed by atoms with E-state index in [1.165, 1.54) is 0 Å². The third-order valence-electron chi connectivity index (χ3n) is 2.91. The van der Waals surface area contributed by atoms with Gasteiger partial charge in [0.1, 0.15) is 5.75 Å². The van der Waals surface area contributed by atoms with Crippen LogP contribution in [0.2, 0.25) is 0 Å². The van der Waals surface area contributed by atoms with Crippen LogP contribution < -0.4 is 4.74 Å². The summed E-state index contributed by atoms with van der Waals surface area (Å²) in [5.74, 6) is 0.881. The Morgan fingerprint density at radius 1 is 1.25 bits per heavy atom. The molecule has 1 saturated heterocycles. The number of rotatable bonds is 4. The highest BCUT2D eigenvalue weighted by atomic mass is 16.5. The fourth-order valence-corrected chi connectivity index (χ4v) is 1.88. The molecule has 1 heterocycles. The van der Waals surface area contributed by atoms with Crippen molar-refractivity contribution >= 4 is 0 Å². The molecule has 2 N–H and O–H groups in total. The summed E-state index contributed by atoms with van der Waals surface area (Å²) in [6.45, 7) is 5.63. The lowest BCUT2D eigenvalue weighted by Crippen LogP contribution is -2.19. The van der Waals surface area contributed by atoms with Crippen molar-refractivity contribution < 1.29 is 19.7 Å². The summed E-state index contributed by atoms with van der Waals surface area (Å²) in [5, 5.41) is 17.7. The van der Waals surface area contributed by atoms with E-state index in [0.717, 1.165) is 37.4 Å². The summed E-state index contributed by atoms with van der Waals surface area (Å²) in [4.78, 5) is 0. The van der Waals surface area contributed by atoms with E-state index in [1.54, 1.807) is 0 Å². The van der Waals surface area contributed by atoms with Gasteiger partial charge in [0.05, 0.1) is 12.2 Å². The second-order valence-corrected chi connectivity index (χ2v) is 5.09. The summed E-state index contributed by atoms with van der Waals surface area (Å²) in [5.41, 5.74) is 1.07. The minimum absolute atomic E-state index is 0.0891. The molecule has 0 radical (unpaired) electrons. The van der Waals surface area contributed by atoms with Crippen LogP contribution in [-0.2, 0) is 11.2 Å². The van der Waals surface area contributed by atoms with Crippen molar-refractivity contribution in [3.63, 3.8) is 0 Å². The number of para-hydroxylation sites is 1. The number of benzene rings is 1. The summed E-state index contributed by atoms with van der Waals surface area (Å²) < 4.78 is 10.6. The Morgan fingerprint density at radius 3 is 2.40 bits per heavy atom. The van der Waals surface area contributed by atoms with Gasteiger partial charge in [0.2, 0.25) is 0 Å². The first-order valence-electron chi connectivity index (χ1n) is 7.24. The fraction of sp³-hybridized carbons (Fsp3) is 0.625. The molecule has 0 aromatic heterocycles. The summed E-state index contributed by atoms with van der Waals surface area (Å²) in [6.07, 6.45) is 2.39. The Kier molecular flexibility index (Phi) is 8.26. The number of hydrogen-bond acceptors (Lipinski definition) is 4. The van der Waals surface area contributed by atoms with Crippen molar-refractivity contribution in [2.75, 3.05) is 19.8 Å². The Morgan fingerprint density at radius 2 is 1.90 bits per heavy atom. The molecule has 0 spiro atoms. The quantitative estimate of drug-likeness (QED) is 0.888. The summed E-state index contributed by atoms with van der Waals surface area (Å²) >= 11 is 0. The van der Waals surface area contributed by atoms with Crippen molar-refractivity contribution in [3.05, 3.63) is 29.8 Å². The first-order valence-corrected chi connectivity index (χ1v) is 7.24. The lowest BCUT2D eigenvalue weighted by Gasteiger charge is -2.15. The molecule has 1 aliphatic rings. The van der Waals surface area contributed by atoms with Crippen molar-refractivity contribution in [3.8, 4) is 5.75 Å². The largest absolute Gasteiger partial charge is 0.491 e. The van der Waals surface area contributed by atoms with Crippen LogP contribution in [0.1, 0.15) is 32.3 Å². The second-order valence-electron chi connectivity index (χ2n) is 5.09. The fourth-order valence-electron chi connectivity index (χ4n) is 1.88. The van der Waals surface area contributed by atoms with Crippen molar-refractivity contribution in [2.45, 2.75) is 45.3 Å². The second kappa shape index (κ2) is 9.75. The molecule has 20 heavy (non-hydrogen) atoms. The third kappa shape index (κ3) is 6.89. The molecule has 1 aliphatic heterocycles. The molecular formula is C16H26O4. The van der Waals surface area contributed by atoms with Crippen molar-refractivity contribution in [2.24, 2.45) is 0 Å². The average Bonchev–Trinajstić information content (AvgIpc) is 2.42. The van der Waals surface area contributed by atoms with E-state index in [2.05, 4.69) is 0 Å². The minimum atomic E-state index is -0.0891. The number of aliphatic hydroxyl groups is 2. The van der Waals surface area contributed by atoms with Gasteiger partial charge >= 0.3 is 0 Å². The van der Waals surface area contributed by atoms with Gasteiger partial charge in [-0.25, -0.2) is 0 Å². The van der Waals surface area contributed by atoms with Crippen LogP contribution in [0.25, 0.3) is 0 Å². The molecule has 0 atom stereocenters. The van der Waals surface area contributed by atoms with Gasteiger partial charge in [-0.3, -0.25) is 0 Å². The monoisotopic (exact) mass is 282 g/mol. The number of aliphatic hydroxyl groups excluding tert-OH is 2. The maximum Gasteiger partial charge on any atom is 0.122 e. The van der Waals surface area contributed by atoms with Gasteiger partial charge in [0, 0.05) is 19.8 Å². The van der Waals surface area contributed by atoms with Gasteiger partial charge in [0.15, 0.2) is 0 Å². The molecular weight excluding hydrogens is 256 g/mol. The maximum absolute atomic E-state index is 8.83. The van der Waals surface area contributed by atoms with Crippen LogP contribution in [0.5, 0.6) is 5.75 Å². The molecule has 0 aliphatic carbocycles. The Bertz CT molecular complexity index is 359. The predicted molar refractivity (Wildman–Crippen MR) is 79.1 cm³/mol. The third-order valence-corrected chi connectivity index (χ3v) is 2.91.